The van der Waals surface area contributed by atoms with Gasteiger partial charge in [-0.15, -0.1) is 0 Å². The fraction of sp³-hybridized carbons (Fsp3) is 0.636. The Bertz CT molecular complexity index is 237. The van der Waals surface area contributed by atoms with Crippen molar-refractivity contribution in [2.45, 2.75) is 32.0 Å². The van der Waals surface area contributed by atoms with Crippen LogP contribution in [-0.4, -0.2) is 19.5 Å². The molecule has 2 rings (SSSR count). The molecule has 1 fully saturated rings. The van der Waals surface area contributed by atoms with Crippen LogP contribution in [0.1, 0.15) is 25.0 Å². The van der Waals surface area contributed by atoms with E-state index in [0.717, 1.165) is 31.6 Å². The quantitative estimate of drug-likeness (QED) is 0.740. The summed E-state index contributed by atoms with van der Waals surface area (Å²) in [6.45, 7) is 1.52. The number of rotatable bonds is 4. The van der Waals surface area contributed by atoms with Gasteiger partial charge in [0.15, 0.2) is 6.29 Å². The minimum Gasteiger partial charge on any atom is -0.469 e. The van der Waals surface area contributed by atoms with Gasteiger partial charge in [-0.1, -0.05) is 0 Å². The van der Waals surface area contributed by atoms with E-state index in [4.69, 9.17) is 13.9 Å². The molecule has 1 saturated heterocycles. The zero-order valence-electron chi connectivity index (χ0n) is 8.28. The fourth-order valence-electron chi connectivity index (χ4n) is 1.59. The Kier molecular flexibility index (Phi) is 3.60. The predicted octanol–water partition coefficient (Wildman–Crippen LogP) is 2.37. The van der Waals surface area contributed by atoms with E-state index in [0.29, 0.717) is 6.61 Å². The van der Waals surface area contributed by atoms with Crippen molar-refractivity contribution in [3.05, 3.63) is 24.2 Å². The van der Waals surface area contributed by atoms with E-state index < -0.39 is 0 Å². The molecular formula is C11H16O3. The van der Waals surface area contributed by atoms with Crippen LogP contribution >= 0.6 is 0 Å². The second-order valence-corrected chi connectivity index (χ2v) is 3.50. The van der Waals surface area contributed by atoms with Gasteiger partial charge in [-0.25, -0.2) is 0 Å². The molecule has 0 bridgehead atoms. The Balaban J connectivity index is 1.62. The molecule has 0 spiro atoms. The summed E-state index contributed by atoms with van der Waals surface area (Å²) in [7, 11) is 0. The second kappa shape index (κ2) is 5.17. The van der Waals surface area contributed by atoms with Crippen LogP contribution in [0.2, 0.25) is 0 Å². The molecule has 1 atom stereocenters. The van der Waals surface area contributed by atoms with Gasteiger partial charge in [-0.05, 0) is 31.4 Å². The van der Waals surface area contributed by atoms with Crippen LogP contribution in [-0.2, 0) is 15.9 Å². The molecule has 0 aliphatic carbocycles. The third-order valence-electron chi connectivity index (χ3n) is 2.37. The zero-order chi connectivity index (χ0) is 9.64. The van der Waals surface area contributed by atoms with Crippen molar-refractivity contribution in [2.24, 2.45) is 0 Å². The topological polar surface area (TPSA) is 31.6 Å². The van der Waals surface area contributed by atoms with Crippen molar-refractivity contribution in [1.82, 2.24) is 0 Å². The molecule has 0 aromatic carbocycles. The van der Waals surface area contributed by atoms with Crippen molar-refractivity contribution in [2.75, 3.05) is 13.2 Å². The number of ether oxygens (including phenoxy) is 2. The summed E-state index contributed by atoms with van der Waals surface area (Å²) in [5.41, 5.74) is 0. The van der Waals surface area contributed by atoms with Crippen LogP contribution in [0, 0.1) is 0 Å². The lowest BCUT2D eigenvalue weighted by molar-refractivity contribution is -0.162. The Morgan fingerprint density at radius 2 is 2.43 bits per heavy atom. The van der Waals surface area contributed by atoms with Crippen molar-refractivity contribution in [3.63, 3.8) is 0 Å². The molecule has 0 amide bonds. The SMILES string of the molecule is c1coc(CCOC2CCCCO2)c1. The summed E-state index contributed by atoms with van der Waals surface area (Å²) in [4.78, 5) is 0. The van der Waals surface area contributed by atoms with Crippen LogP contribution in [0.5, 0.6) is 0 Å². The van der Waals surface area contributed by atoms with E-state index in [9.17, 15) is 0 Å². The van der Waals surface area contributed by atoms with E-state index in [2.05, 4.69) is 0 Å². The largest absolute Gasteiger partial charge is 0.469 e. The first kappa shape index (κ1) is 9.74. The summed E-state index contributed by atoms with van der Waals surface area (Å²) in [6.07, 6.45) is 5.93. The highest BCUT2D eigenvalue weighted by Gasteiger charge is 2.13. The Morgan fingerprint density at radius 1 is 1.43 bits per heavy atom. The van der Waals surface area contributed by atoms with Crippen molar-refractivity contribution >= 4 is 0 Å². The lowest BCUT2D eigenvalue weighted by atomic mass is 10.2. The minimum absolute atomic E-state index is 0.0127. The monoisotopic (exact) mass is 196 g/mol. The van der Waals surface area contributed by atoms with Crippen LogP contribution in [0.15, 0.2) is 22.8 Å². The third kappa shape index (κ3) is 2.86. The highest BCUT2D eigenvalue weighted by molar-refractivity contribution is 4.97. The van der Waals surface area contributed by atoms with Crippen LogP contribution in [0.25, 0.3) is 0 Å². The van der Waals surface area contributed by atoms with E-state index in [1.54, 1.807) is 6.26 Å². The van der Waals surface area contributed by atoms with Crippen LogP contribution in [0.4, 0.5) is 0 Å². The third-order valence-corrected chi connectivity index (χ3v) is 2.37. The lowest BCUT2D eigenvalue weighted by Gasteiger charge is -2.22. The molecule has 3 nitrogen and oxygen atoms in total. The Morgan fingerprint density at radius 3 is 3.14 bits per heavy atom. The second-order valence-electron chi connectivity index (χ2n) is 3.50. The van der Waals surface area contributed by atoms with Gasteiger partial charge in [-0.3, -0.25) is 0 Å². The van der Waals surface area contributed by atoms with E-state index in [-0.39, 0.29) is 6.29 Å². The van der Waals surface area contributed by atoms with Crippen molar-refractivity contribution in [1.29, 1.82) is 0 Å². The normalized spacial score (nSPS) is 22.4. The molecule has 0 saturated carbocycles. The standard InChI is InChI=1S/C11H16O3/c1-2-7-13-11(5-1)14-9-6-10-4-3-8-12-10/h3-4,8,11H,1-2,5-7,9H2. The molecule has 2 heterocycles. The van der Waals surface area contributed by atoms with Crippen LogP contribution in [0.3, 0.4) is 0 Å². The molecule has 1 unspecified atom stereocenters. The molecule has 1 aromatic rings. The highest BCUT2D eigenvalue weighted by Crippen LogP contribution is 2.14. The molecule has 14 heavy (non-hydrogen) atoms. The Hall–Kier alpha value is -0.800. The number of hydrogen-bond donors (Lipinski definition) is 0. The molecule has 0 N–H and O–H groups in total. The molecule has 3 heteroatoms. The number of hydrogen-bond acceptors (Lipinski definition) is 3. The molecule has 1 aromatic heterocycles. The minimum atomic E-state index is 0.0127. The zero-order valence-corrected chi connectivity index (χ0v) is 8.28. The van der Waals surface area contributed by atoms with Gasteiger partial charge in [0.05, 0.1) is 12.9 Å². The van der Waals surface area contributed by atoms with Gasteiger partial charge >= 0.3 is 0 Å². The maximum Gasteiger partial charge on any atom is 0.157 e. The summed E-state index contributed by atoms with van der Waals surface area (Å²) >= 11 is 0. The molecule has 1 aliphatic heterocycles. The molecule has 1 aliphatic rings. The maximum atomic E-state index is 5.57. The summed E-state index contributed by atoms with van der Waals surface area (Å²) in [5.74, 6) is 0.973. The Labute approximate surface area is 84.0 Å². The average Bonchev–Trinajstić information content (AvgIpc) is 2.72. The van der Waals surface area contributed by atoms with Crippen LogP contribution < -0.4 is 0 Å². The predicted molar refractivity (Wildman–Crippen MR) is 52.0 cm³/mol. The molecule has 0 radical (unpaired) electrons. The molecular weight excluding hydrogens is 180 g/mol. The lowest BCUT2D eigenvalue weighted by Crippen LogP contribution is -2.23. The number of furan rings is 1. The summed E-state index contributed by atoms with van der Waals surface area (Å²) in [6, 6.07) is 3.86. The van der Waals surface area contributed by atoms with Gasteiger partial charge in [0.25, 0.3) is 0 Å². The van der Waals surface area contributed by atoms with Crippen molar-refractivity contribution in [3.8, 4) is 0 Å². The average molecular weight is 196 g/mol. The van der Waals surface area contributed by atoms with E-state index in [1.165, 1.54) is 6.42 Å². The van der Waals surface area contributed by atoms with Gasteiger partial charge in [0, 0.05) is 13.0 Å². The summed E-state index contributed by atoms with van der Waals surface area (Å²) in [5, 5.41) is 0. The summed E-state index contributed by atoms with van der Waals surface area (Å²) < 4.78 is 16.2. The van der Waals surface area contributed by atoms with Gasteiger partial charge in [0.2, 0.25) is 0 Å². The highest BCUT2D eigenvalue weighted by atomic mass is 16.7. The van der Waals surface area contributed by atoms with Crippen molar-refractivity contribution < 1.29 is 13.9 Å². The smallest absolute Gasteiger partial charge is 0.157 e. The first-order valence-corrected chi connectivity index (χ1v) is 5.21. The maximum absolute atomic E-state index is 5.57. The van der Waals surface area contributed by atoms with E-state index in [1.807, 2.05) is 12.1 Å². The van der Waals surface area contributed by atoms with Gasteiger partial charge < -0.3 is 13.9 Å². The first-order chi connectivity index (χ1) is 6.95. The molecule has 78 valence electrons. The van der Waals surface area contributed by atoms with Gasteiger partial charge in [-0.2, -0.15) is 0 Å². The van der Waals surface area contributed by atoms with Gasteiger partial charge in [0.1, 0.15) is 5.76 Å². The first-order valence-electron chi connectivity index (χ1n) is 5.21. The fourth-order valence-corrected chi connectivity index (χ4v) is 1.59. The van der Waals surface area contributed by atoms with E-state index >= 15 is 0 Å².